The SMILES string of the molecule is CC(=O)O[C@@H]1CC[C@]2(C)C3=C(CC[C@@]2(O)C1)C1=CC[C@H]([C@H](C)/C=C/[C@H](C)C(C)C)[C@]1(C)CC3. The number of carbonyl (C=O) groups is 1. The van der Waals surface area contributed by atoms with Gasteiger partial charge in [0.25, 0.3) is 0 Å². The van der Waals surface area contributed by atoms with Crippen LogP contribution in [0.25, 0.3) is 0 Å². The number of hydrogen-bond acceptors (Lipinski definition) is 3. The number of ether oxygens (including phenoxy) is 1. The van der Waals surface area contributed by atoms with Gasteiger partial charge in [0.2, 0.25) is 0 Å². The molecule has 0 aromatic rings. The summed E-state index contributed by atoms with van der Waals surface area (Å²) in [5, 5.41) is 11.8. The topological polar surface area (TPSA) is 46.5 Å². The van der Waals surface area contributed by atoms with E-state index in [0.29, 0.717) is 30.1 Å². The maximum absolute atomic E-state index is 11.8. The lowest BCUT2D eigenvalue weighted by atomic mass is 9.50. The van der Waals surface area contributed by atoms with Crippen LogP contribution in [0.2, 0.25) is 0 Å². The summed E-state index contributed by atoms with van der Waals surface area (Å²) >= 11 is 0. The van der Waals surface area contributed by atoms with Crippen LogP contribution >= 0.6 is 0 Å². The lowest BCUT2D eigenvalue weighted by Gasteiger charge is -2.58. The Kier molecular flexibility index (Phi) is 6.53. The van der Waals surface area contributed by atoms with Gasteiger partial charge in [-0.1, -0.05) is 65.3 Å². The molecule has 0 unspecified atom stereocenters. The minimum Gasteiger partial charge on any atom is -0.462 e. The Morgan fingerprint density at radius 2 is 1.85 bits per heavy atom. The van der Waals surface area contributed by atoms with Crippen LogP contribution in [0.5, 0.6) is 0 Å². The second-order valence-corrected chi connectivity index (χ2v) is 12.5. The fourth-order valence-corrected chi connectivity index (χ4v) is 7.68. The fourth-order valence-electron chi connectivity index (χ4n) is 7.68. The van der Waals surface area contributed by atoms with Gasteiger partial charge in [-0.2, -0.15) is 0 Å². The Labute approximate surface area is 201 Å². The molecule has 0 aromatic carbocycles. The molecular weight excluding hydrogens is 408 g/mol. The summed E-state index contributed by atoms with van der Waals surface area (Å²) in [6, 6.07) is 0. The Hall–Kier alpha value is -1.35. The number of aliphatic hydroxyl groups is 1. The molecule has 3 heteroatoms. The summed E-state index contributed by atoms with van der Waals surface area (Å²) in [4.78, 5) is 11.5. The van der Waals surface area contributed by atoms with Gasteiger partial charge < -0.3 is 9.84 Å². The minimum absolute atomic E-state index is 0.146. The summed E-state index contributed by atoms with van der Waals surface area (Å²) in [5.74, 6) is 2.30. The van der Waals surface area contributed by atoms with Crippen LogP contribution in [0.1, 0.15) is 99.8 Å². The molecule has 184 valence electrons. The van der Waals surface area contributed by atoms with E-state index in [1.54, 1.807) is 11.1 Å². The van der Waals surface area contributed by atoms with Gasteiger partial charge in [0, 0.05) is 18.8 Å². The zero-order valence-corrected chi connectivity index (χ0v) is 22.0. The Bertz CT molecular complexity index is 879. The Morgan fingerprint density at radius 3 is 2.52 bits per heavy atom. The minimum atomic E-state index is -0.764. The van der Waals surface area contributed by atoms with Crippen molar-refractivity contribution < 1.29 is 14.6 Å². The smallest absolute Gasteiger partial charge is 0.302 e. The molecule has 0 aromatic heterocycles. The highest BCUT2D eigenvalue weighted by Crippen LogP contribution is 2.65. The fraction of sp³-hybridized carbons (Fsp3) is 0.767. The molecule has 33 heavy (non-hydrogen) atoms. The summed E-state index contributed by atoms with van der Waals surface area (Å²) in [5.41, 5.74) is 3.95. The first-order valence-corrected chi connectivity index (χ1v) is 13.4. The first-order chi connectivity index (χ1) is 15.4. The number of allylic oxidation sites excluding steroid dienone is 5. The maximum atomic E-state index is 11.8. The van der Waals surface area contributed by atoms with Gasteiger partial charge in [-0.25, -0.2) is 0 Å². The zero-order chi connectivity index (χ0) is 24.2. The Balaban J connectivity index is 1.58. The average Bonchev–Trinajstić information content (AvgIpc) is 3.09. The number of rotatable bonds is 5. The van der Waals surface area contributed by atoms with Gasteiger partial charge in [-0.05, 0) is 85.2 Å². The molecule has 4 aliphatic carbocycles. The van der Waals surface area contributed by atoms with Crippen LogP contribution < -0.4 is 0 Å². The molecule has 1 N–H and O–H groups in total. The van der Waals surface area contributed by atoms with Crippen molar-refractivity contribution in [1.82, 2.24) is 0 Å². The molecule has 0 heterocycles. The highest BCUT2D eigenvalue weighted by Gasteiger charge is 2.59. The van der Waals surface area contributed by atoms with Crippen molar-refractivity contribution in [2.75, 3.05) is 0 Å². The maximum Gasteiger partial charge on any atom is 0.302 e. The van der Waals surface area contributed by atoms with Gasteiger partial charge in [0.05, 0.1) is 5.60 Å². The number of hydrogen-bond donors (Lipinski definition) is 1. The standard InChI is InChI=1S/C30H46O3/c1-19(2)20(3)8-9-21(4)25-10-11-26-24-13-17-30(32)18-23(33-22(5)31)12-16-29(30,7)27(24)14-15-28(25,26)6/h8-9,11,19-21,23,25,32H,10,12-18H2,1-7H3/b9-8+/t20-,21+,23+,25+,28-,29+,30+/m0/s1. The lowest BCUT2D eigenvalue weighted by molar-refractivity contribution is -0.166. The molecule has 0 spiro atoms. The van der Waals surface area contributed by atoms with E-state index in [9.17, 15) is 9.90 Å². The summed E-state index contributed by atoms with van der Waals surface area (Å²) in [7, 11) is 0. The highest BCUT2D eigenvalue weighted by atomic mass is 16.5. The van der Waals surface area contributed by atoms with Crippen molar-refractivity contribution in [3.8, 4) is 0 Å². The molecule has 1 fully saturated rings. The van der Waals surface area contributed by atoms with E-state index in [2.05, 4.69) is 59.8 Å². The molecule has 4 rings (SSSR count). The van der Waals surface area contributed by atoms with Gasteiger partial charge in [0.15, 0.2) is 0 Å². The van der Waals surface area contributed by atoms with Crippen molar-refractivity contribution in [2.45, 2.75) is 112 Å². The summed E-state index contributed by atoms with van der Waals surface area (Å²) in [6.45, 7) is 15.6. The van der Waals surface area contributed by atoms with Crippen LogP contribution in [0.3, 0.4) is 0 Å². The van der Waals surface area contributed by atoms with Gasteiger partial charge >= 0.3 is 5.97 Å². The van der Waals surface area contributed by atoms with Crippen molar-refractivity contribution in [3.63, 3.8) is 0 Å². The van der Waals surface area contributed by atoms with Crippen LogP contribution in [0.4, 0.5) is 0 Å². The molecule has 7 atom stereocenters. The predicted molar refractivity (Wildman–Crippen MR) is 135 cm³/mol. The molecular formula is C30H46O3. The molecule has 0 saturated heterocycles. The van der Waals surface area contributed by atoms with E-state index in [1.807, 2.05) is 0 Å². The van der Waals surface area contributed by atoms with E-state index >= 15 is 0 Å². The molecule has 0 amide bonds. The highest BCUT2D eigenvalue weighted by molar-refractivity contribution is 5.66. The van der Waals surface area contributed by atoms with Gasteiger partial charge in [0.1, 0.15) is 6.10 Å². The van der Waals surface area contributed by atoms with Crippen molar-refractivity contribution in [1.29, 1.82) is 0 Å². The van der Waals surface area contributed by atoms with E-state index in [-0.39, 0.29) is 22.9 Å². The van der Waals surface area contributed by atoms with Crippen molar-refractivity contribution in [2.24, 2.45) is 34.5 Å². The predicted octanol–water partition coefficient (Wildman–Crippen LogP) is 7.16. The summed E-state index contributed by atoms with van der Waals surface area (Å²) in [6.07, 6.45) is 14.8. The van der Waals surface area contributed by atoms with Crippen molar-refractivity contribution in [3.05, 3.63) is 34.9 Å². The monoisotopic (exact) mass is 454 g/mol. The lowest BCUT2D eigenvalue weighted by Crippen LogP contribution is -2.56. The first-order valence-electron chi connectivity index (χ1n) is 13.4. The second kappa shape index (κ2) is 8.70. The molecule has 3 nitrogen and oxygen atoms in total. The summed E-state index contributed by atoms with van der Waals surface area (Å²) < 4.78 is 5.53. The Morgan fingerprint density at radius 1 is 1.12 bits per heavy atom. The van der Waals surface area contributed by atoms with E-state index in [0.717, 1.165) is 32.1 Å². The van der Waals surface area contributed by atoms with E-state index in [4.69, 9.17) is 4.74 Å². The number of fused-ring (bicyclic) bond motifs is 4. The molecule has 0 bridgehead atoms. The van der Waals surface area contributed by atoms with Gasteiger partial charge in [-0.15, -0.1) is 0 Å². The largest absolute Gasteiger partial charge is 0.462 e. The second-order valence-electron chi connectivity index (χ2n) is 12.5. The van der Waals surface area contributed by atoms with E-state index in [1.165, 1.54) is 25.3 Å². The normalized spacial score (nSPS) is 40.2. The van der Waals surface area contributed by atoms with Gasteiger partial charge in [-0.3, -0.25) is 4.79 Å². The number of esters is 1. The average molecular weight is 455 g/mol. The third-order valence-corrected chi connectivity index (χ3v) is 10.3. The van der Waals surface area contributed by atoms with Crippen LogP contribution in [0.15, 0.2) is 34.9 Å². The molecule has 0 radical (unpaired) electrons. The van der Waals surface area contributed by atoms with Crippen molar-refractivity contribution >= 4 is 5.97 Å². The van der Waals surface area contributed by atoms with Crippen LogP contribution in [-0.4, -0.2) is 22.8 Å². The number of carbonyl (C=O) groups excluding carboxylic acids is 1. The first kappa shape index (κ1) is 24.8. The van der Waals surface area contributed by atoms with Crippen LogP contribution in [-0.2, 0) is 9.53 Å². The quantitative estimate of drug-likeness (QED) is 0.354. The molecule has 4 aliphatic rings. The third kappa shape index (κ3) is 4.07. The molecule has 0 aliphatic heterocycles. The molecule has 1 saturated carbocycles. The van der Waals surface area contributed by atoms with E-state index < -0.39 is 5.60 Å². The van der Waals surface area contributed by atoms with Crippen LogP contribution in [0, 0.1) is 34.5 Å². The third-order valence-electron chi connectivity index (χ3n) is 10.3. The zero-order valence-electron chi connectivity index (χ0n) is 22.0.